The van der Waals surface area contributed by atoms with Crippen molar-refractivity contribution in [3.63, 3.8) is 0 Å². The van der Waals surface area contributed by atoms with Gasteiger partial charge in [0.15, 0.2) is 5.96 Å². The van der Waals surface area contributed by atoms with Crippen molar-refractivity contribution >= 4 is 11.9 Å². The molecule has 1 aromatic rings. The van der Waals surface area contributed by atoms with Crippen molar-refractivity contribution in [3.8, 4) is 5.75 Å². The molecule has 0 saturated carbocycles. The lowest BCUT2D eigenvalue weighted by atomic mass is 10.1. The summed E-state index contributed by atoms with van der Waals surface area (Å²) < 4.78 is 5.74. The number of rotatable bonds is 9. The smallest absolute Gasteiger partial charge is 0.243 e. The zero-order valence-electron chi connectivity index (χ0n) is 17.9. The monoisotopic (exact) mass is 376 g/mol. The fraction of sp³-hybridized carbons (Fsp3) is 0.619. The van der Waals surface area contributed by atoms with Crippen molar-refractivity contribution in [2.24, 2.45) is 16.8 Å². The highest BCUT2D eigenvalue weighted by molar-refractivity contribution is 5.85. The summed E-state index contributed by atoms with van der Waals surface area (Å²) in [5.41, 5.74) is 1.13. The lowest BCUT2D eigenvalue weighted by molar-refractivity contribution is -0.127. The quantitative estimate of drug-likeness (QED) is 0.513. The van der Waals surface area contributed by atoms with Crippen LogP contribution in [0.4, 0.5) is 0 Å². The van der Waals surface area contributed by atoms with E-state index in [1.165, 1.54) is 0 Å². The van der Waals surface area contributed by atoms with Crippen LogP contribution in [-0.2, 0) is 4.79 Å². The molecule has 0 aromatic heterocycles. The van der Waals surface area contributed by atoms with Crippen LogP contribution in [0.1, 0.15) is 46.2 Å². The van der Waals surface area contributed by atoms with E-state index in [9.17, 15) is 4.79 Å². The number of guanidine groups is 1. The second-order valence-corrected chi connectivity index (χ2v) is 7.87. The Morgan fingerprint density at radius 3 is 2.22 bits per heavy atom. The van der Waals surface area contributed by atoms with Gasteiger partial charge >= 0.3 is 0 Å². The van der Waals surface area contributed by atoms with Gasteiger partial charge in [0.1, 0.15) is 12.3 Å². The molecule has 6 heteroatoms. The van der Waals surface area contributed by atoms with Gasteiger partial charge < -0.3 is 20.3 Å². The molecule has 0 heterocycles. The summed E-state index contributed by atoms with van der Waals surface area (Å²) in [6.45, 7) is 12.2. The Morgan fingerprint density at radius 1 is 1.07 bits per heavy atom. The molecule has 27 heavy (non-hydrogen) atoms. The van der Waals surface area contributed by atoms with E-state index in [0.29, 0.717) is 24.4 Å². The standard InChI is InChI=1S/C21H36N4O2/c1-15(2)12-22-21(23-13-20(26)25(6)7)24-17(5)18-8-10-19(11-9-18)27-14-16(3)4/h8-11,15-17H,12-14H2,1-7H3,(H2,22,23,24). The molecule has 1 atom stereocenters. The number of carbonyl (C=O) groups is 1. The molecule has 1 unspecified atom stereocenters. The van der Waals surface area contributed by atoms with Gasteiger partial charge in [-0.1, -0.05) is 39.8 Å². The van der Waals surface area contributed by atoms with E-state index in [4.69, 9.17) is 4.74 Å². The number of amides is 1. The number of aliphatic imine (C=N–C) groups is 1. The summed E-state index contributed by atoms with van der Waals surface area (Å²) in [4.78, 5) is 17.8. The SMILES string of the molecule is CC(C)CNC(=NCC(=O)N(C)C)NC(C)c1ccc(OCC(C)C)cc1. The van der Waals surface area contributed by atoms with E-state index >= 15 is 0 Å². The number of likely N-dealkylation sites (N-methyl/N-ethyl adjacent to an activating group) is 1. The van der Waals surface area contributed by atoms with Crippen molar-refractivity contribution in [2.75, 3.05) is 33.8 Å². The minimum absolute atomic E-state index is 0.0278. The first-order chi connectivity index (χ1) is 12.7. The highest BCUT2D eigenvalue weighted by Crippen LogP contribution is 2.18. The number of hydrogen-bond donors (Lipinski definition) is 2. The van der Waals surface area contributed by atoms with Gasteiger partial charge in [0.05, 0.1) is 12.6 Å². The second kappa shape index (κ2) is 11.5. The van der Waals surface area contributed by atoms with Gasteiger partial charge in [0.2, 0.25) is 5.91 Å². The van der Waals surface area contributed by atoms with Gasteiger partial charge in [-0.05, 0) is 36.5 Å². The number of nitrogens with zero attached hydrogens (tertiary/aromatic N) is 2. The summed E-state index contributed by atoms with van der Waals surface area (Å²) in [6, 6.07) is 8.14. The van der Waals surface area contributed by atoms with Crippen LogP contribution in [0.15, 0.2) is 29.3 Å². The summed E-state index contributed by atoms with van der Waals surface area (Å²) in [5.74, 6) is 2.48. The van der Waals surface area contributed by atoms with E-state index in [1.54, 1.807) is 19.0 Å². The molecule has 2 N–H and O–H groups in total. The van der Waals surface area contributed by atoms with Crippen LogP contribution in [0.25, 0.3) is 0 Å². The first kappa shape index (κ1) is 22.8. The average Bonchev–Trinajstić information content (AvgIpc) is 2.61. The van der Waals surface area contributed by atoms with Crippen LogP contribution in [0.3, 0.4) is 0 Å². The fourth-order valence-electron chi connectivity index (χ4n) is 2.15. The molecule has 0 bridgehead atoms. The Morgan fingerprint density at radius 2 is 1.70 bits per heavy atom. The van der Waals surface area contributed by atoms with E-state index in [2.05, 4.69) is 62.4 Å². The molecule has 0 radical (unpaired) electrons. The maximum atomic E-state index is 11.8. The van der Waals surface area contributed by atoms with Gasteiger partial charge in [-0.2, -0.15) is 0 Å². The molecule has 152 valence electrons. The van der Waals surface area contributed by atoms with Gasteiger partial charge in [-0.25, -0.2) is 4.99 Å². The minimum atomic E-state index is -0.0278. The van der Waals surface area contributed by atoms with Crippen LogP contribution < -0.4 is 15.4 Å². The lowest BCUT2D eigenvalue weighted by Gasteiger charge is -2.20. The molecule has 0 fully saturated rings. The molecule has 0 aliphatic heterocycles. The maximum absolute atomic E-state index is 11.8. The predicted octanol–water partition coefficient (Wildman–Crippen LogP) is 3.06. The predicted molar refractivity (Wildman–Crippen MR) is 112 cm³/mol. The normalized spacial score (nSPS) is 12.9. The second-order valence-electron chi connectivity index (χ2n) is 7.87. The van der Waals surface area contributed by atoms with Crippen LogP contribution in [0.5, 0.6) is 5.75 Å². The third kappa shape index (κ3) is 9.31. The van der Waals surface area contributed by atoms with Crippen LogP contribution >= 0.6 is 0 Å². The van der Waals surface area contributed by atoms with Crippen molar-refractivity contribution in [1.29, 1.82) is 0 Å². The highest BCUT2D eigenvalue weighted by Gasteiger charge is 2.10. The van der Waals surface area contributed by atoms with E-state index in [0.717, 1.165) is 17.9 Å². The van der Waals surface area contributed by atoms with Gasteiger partial charge in [0, 0.05) is 20.6 Å². The Balaban J connectivity index is 2.74. The lowest BCUT2D eigenvalue weighted by Crippen LogP contribution is -2.41. The molecule has 1 aromatic carbocycles. The fourth-order valence-corrected chi connectivity index (χ4v) is 2.15. The van der Waals surface area contributed by atoms with Crippen molar-refractivity contribution in [1.82, 2.24) is 15.5 Å². The average molecular weight is 377 g/mol. The summed E-state index contributed by atoms with van der Waals surface area (Å²) >= 11 is 0. The molecule has 1 amide bonds. The molecular formula is C21H36N4O2. The van der Waals surface area contributed by atoms with Crippen molar-refractivity contribution in [3.05, 3.63) is 29.8 Å². The molecule has 0 aliphatic carbocycles. The van der Waals surface area contributed by atoms with E-state index in [-0.39, 0.29) is 18.5 Å². The van der Waals surface area contributed by atoms with Crippen LogP contribution in [-0.4, -0.2) is 50.6 Å². The summed E-state index contributed by atoms with van der Waals surface area (Å²) in [5, 5.41) is 6.68. The minimum Gasteiger partial charge on any atom is -0.493 e. The van der Waals surface area contributed by atoms with Gasteiger partial charge in [-0.15, -0.1) is 0 Å². The number of nitrogens with one attached hydrogen (secondary N) is 2. The molecular weight excluding hydrogens is 340 g/mol. The zero-order valence-corrected chi connectivity index (χ0v) is 17.9. The number of ether oxygens (including phenoxy) is 1. The third-order valence-corrected chi connectivity index (χ3v) is 3.87. The maximum Gasteiger partial charge on any atom is 0.243 e. The Kier molecular flexibility index (Phi) is 9.68. The molecule has 0 aliphatic rings. The topological polar surface area (TPSA) is 66.0 Å². The third-order valence-electron chi connectivity index (χ3n) is 3.87. The number of benzene rings is 1. The van der Waals surface area contributed by atoms with Gasteiger partial charge in [0.25, 0.3) is 0 Å². The Hall–Kier alpha value is -2.24. The first-order valence-electron chi connectivity index (χ1n) is 9.66. The largest absolute Gasteiger partial charge is 0.493 e. The Labute approximate surface area is 164 Å². The molecule has 1 rings (SSSR count). The first-order valence-corrected chi connectivity index (χ1v) is 9.66. The number of carbonyl (C=O) groups excluding carboxylic acids is 1. The highest BCUT2D eigenvalue weighted by atomic mass is 16.5. The van der Waals surface area contributed by atoms with Crippen molar-refractivity contribution in [2.45, 2.75) is 40.7 Å². The summed E-state index contributed by atoms with van der Waals surface area (Å²) in [6.07, 6.45) is 0. The van der Waals surface area contributed by atoms with Crippen molar-refractivity contribution < 1.29 is 9.53 Å². The van der Waals surface area contributed by atoms with Crippen LogP contribution in [0, 0.1) is 11.8 Å². The van der Waals surface area contributed by atoms with E-state index in [1.807, 2.05) is 12.1 Å². The molecule has 0 saturated heterocycles. The number of hydrogen-bond acceptors (Lipinski definition) is 3. The zero-order chi connectivity index (χ0) is 20.4. The van der Waals surface area contributed by atoms with Gasteiger partial charge in [-0.3, -0.25) is 4.79 Å². The van der Waals surface area contributed by atoms with Crippen LogP contribution in [0.2, 0.25) is 0 Å². The van der Waals surface area contributed by atoms with E-state index < -0.39 is 0 Å². The summed E-state index contributed by atoms with van der Waals surface area (Å²) in [7, 11) is 3.47. The molecule has 0 spiro atoms. The Bertz CT molecular complexity index is 595. The molecule has 6 nitrogen and oxygen atoms in total.